The summed E-state index contributed by atoms with van der Waals surface area (Å²) in [5.41, 5.74) is 3.55. The molecule has 0 amide bonds. The summed E-state index contributed by atoms with van der Waals surface area (Å²) in [5.74, 6) is 2.07. The number of hydrogen-bond donors (Lipinski definition) is 2. The molecule has 0 spiro atoms. The molecule has 0 aliphatic rings. The van der Waals surface area contributed by atoms with Crippen LogP contribution in [0.5, 0.6) is 0 Å². The number of benzene rings is 1. The van der Waals surface area contributed by atoms with Crippen LogP contribution in [0.4, 0.5) is 5.69 Å². The molecule has 0 aliphatic carbocycles. The lowest BCUT2D eigenvalue weighted by Crippen LogP contribution is -2.37. The molecule has 0 unspecified atom stereocenters. The quantitative estimate of drug-likeness (QED) is 0.521. The van der Waals surface area contributed by atoms with E-state index in [9.17, 15) is 0 Å². The Kier molecular flexibility index (Phi) is 8.17. The summed E-state index contributed by atoms with van der Waals surface area (Å²) in [6.07, 6.45) is 3.10. The van der Waals surface area contributed by atoms with Gasteiger partial charge in [-0.05, 0) is 37.0 Å². The van der Waals surface area contributed by atoms with Crippen molar-refractivity contribution in [2.75, 3.05) is 32.6 Å². The van der Waals surface area contributed by atoms with Crippen molar-refractivity contribution in [2.45, 2.75) is 45.6 Å². The Morgan fingerprint density at radius 1 is 1.15 bits per heavy atom. The highest BCUT2D eigenvalue weighted by atomic mass is 16.5. The molecule has 2 N–H and O–H groups in total. The molecular formula is C21H33N5O. The van der Waals surface area contributed by atoms with Crippen LogP contribution in [0.25, 0.3) is 0 Å². The predicted molar refractivity (Wildman–Crippen MR) is 113 cm³/mol. The molecular weight excluding hydrogens is 338 g/mol. The summed E-state index contributed by atoms with van der Waals surface area (Å²) < 4.78 is 5.45. The average Bonchev–Trinajstić information content (AvgIpc) is 3.14. The van der Waals surface area contributed by atoms with Crippen molar-refractivity contribution >= 4 is 11.6 Å². The van der Waals surface area contributed by atoms with Crippen LogP contribution in [0.1, 0.15) is 49.6 Å². The van der Waals surface area contributed by atoms with Crippen LogP contribution >= 0.6 is 0 Å². The number of aromatic nitrogens is 1. The first-order chi connectivity index (χ1) is 13.1. The van der Waals surface area contributed by atoms with Crippen molar-refractivity contribution in [1.82, 2.24) is 15.8 Å². The smallest absolute Gasteiger partial charge is 0.191 e. The van der Waals surface area contributed by atoms with E-state index in [4.69, 9.17) is 4.52 Å². The van der Waals surface area contributed by atoms with Crippen LogP contribution in [0, 0.1) is 0 Å². The second-order valence-electron chi connectivity index (χ2n) is 6.89. The molecule has 2 rings (SSSR count). The zero-order valence-electron chi connectivity index (χ0n) is 17.2. The average molecular weight is 372 g/mol. The minimum Gasteiger partial charge on any atom is -0.378 e. The minimum absolute atomic E-state index is 0.471. The number of guanidine groups is 1. The fraction of sp³-hybridized carbons (Fsp3) is 0.524. The Morgan fingerprint density at radius 3 is 2.44 bits per heavy atom. The van der Waals surface area contributed by atoms with Crippen LogP contribution in [0.3, 0.4) is 0 Å². The summed E-state index contributed by atoms with van der Waals surface area (Å²) >= 11 is 0. The first-order valence-electron chi connectivity index (χ1n) is 9.73. The maximum atomic E-state index is 5.45. The Balaban J connectivity index is 1.77. The number of aliphatic imine (C=N–C) groups is 1. The Labute approximate surface area is 163 Å². The van der Waals surface area contributed by atoms with Gasteiger partial charge in [-0.25, -0.2) is 0 Å². The van der Waals surface area contributed by atoms with Gasteiger partial charge in [0.15, 0.2) is 11.7 Å². The van der Waals surface area contributed by atoms with Crippen molar-refractivity contribution in [3.8, 4) is 0 Å². The second kappa shape index (κ2) is 10.6. The normalized spacial score (nSPS) is 11.7. The number of hydrogen-bond acceptors (Lipinski definition) is 4. The first-order valence-corrected chi connectivity index (χ1v) is 9.73. The fourth-order valence-corrected chi connectivity index (χ4v) is 2.99. The van der Waals surface area contributed by atoms with Gasteiger partial charge in [0, 0.05) is 45.4 Å². The monoisotopic (exact) mass is 371 g/mol. The zero-order chi connectivity index (χ0) is 19.6. The van der Waals surface area contributed by atoms with Gasteiger partial charge in [0.25, 0.3) is 0 Å². The molecule has 1 aromatic carbocycles. The van der Waals surface area contributed by atoms with E-state index in [1.807, 2.05) is 20.2 Å². The third-order valence-electron chi connectivity index (χ3n) is 4.79. The lowest BCUT2D eigenvalue weighted by molar-refractivity contribution is 0.368. The highest BCUT2D eigenvalue weighted by Gasteiger charge is 2.13. The minimum atomic E-state index is 0.471. The third-order valence-corrected chi connectivity index (χ3v) is 4.79. The molecule has 2 aromatic rings. The maximum Gasteiger partial charge on any atom is 0.191 e. The lowest BCUT2D eigenvalue weighted by atomic mass is 9.99. The molecule has 1 aromatic heterocycles. The maximum absolute atomic E-state index is 5.45. The summed E-state index contributed by atoms with van der Waals surface area (Å²) in [5, 5.41) is 10.8. The van der Waals surface area contributed by atoms with Crippen molar-refractivity contribution < 1.29 is 4.52 Å². The van der Waals surface area contributed by atoms with E-state index < -0.39 is 0 Å². The largest absolute Gasteiger partial charge is 0.378 e. The molecule has 27 heavy (non-hydrogen) atoms. The van der Waals surface area contributed by atoms with E-state index >= 15 is 0 Å². The van der Waals surface area contributed by atoms with Crippen LogP contribution in [-0.4, -0.2) is 38.8 Å². The van der Waals surface area contributed by atoms with Crippen LogP contribution < -0.4 is 15.5 Å². The molecule has 6 heteroatoms. The molecule has 0 aliphatic heterocycles. The highest BCUT2D eigenvalue weighted by Crippen LogP contribution is 2.22. The van der Waals surface area contributed by atoms with E-state index in [0.717, 1.165) is 43.2 Å². The van der Waals surface area contributed by atoms with Crippen molar-refractivity contribution in [3.05, 3.63) is 47.3 Å². The first kappa shape index (κ1) is 20.8. The van der Waals surface area contributed by atoms with E-state index in [2.05, 4.69) is 63.8 Å². The number of anilines is 1. The van der Waals surface area contributed by atoms with E-state index in [1.54, 1.807) is 7.05 Å². The standard InChI is InChI=1S/C21H33N5O/c1-6-17(7-2)20-14-19(27-25-20)15-24-21(22-3)23-13-12-16-8-10-18(11-9-16)26(4)5/h8-11,14,17H,6-7,12-13,15H2,1-5H3,(H2,22,23,24). The predicted octanol–water partition coefficient (Wildman–Crippen LogP) is 3.55. The summed E-state index contributed by atoms with van der Waals surface area (Å²) in [6, 6.07) is 10.7. The summed E-state index contributed by atoms with van der Waals surface area (Å²) in [4.78, 5) is 6.37. The van der Waals surface area contributed by atoms with Gasteiger partial charge in [-0.1, -0.05) is 31.1 Å². The number of nitrogens with zero attached hydrogens (tertiary/aromatic N) is 3. The second-order valence-corrected chi connectivity index (χ2v) is 6.89. The molecule has 0 fully saturated rings. The van der Waals surface area contributed by atoms with Crippen molar-refractivity contribution in [3.63, 3.8) is 0 Å². The zero-order valence-corrected chi connectivity index (χ0v) is 17.2. The molecule has 1 heterocycles. The van der Waals surface area contributed by atoms with Gasteiger partial charge in [0.2, 0.25) is 0 Å². The van der Waals surface area contributed by atoms with Crippen LogP contribution in [-0.2, 0) is 13.0 Å². The van der Waals surface area contributed by atoms with Crippen LogP contribution in [0.2, 0.25) is 0 Å². The van der Waals surface area contributed by atoms with Crippen molar-refractivity contribution in [2.24, 2.45) is 4.99 Å². The molecule has 0 radical (unpaired) electrons. The van der Waals surface area contributed by atoms with Gasteiger partial charge in [-0.3, -0.25) is 4.99 Å². The van der Waals surface area contributed by atoms with Gasteiger partial charge in [0.1, 0.15) is 0 Å². The molecule has 0 saturated carbocycles. The van der Waals surface area contributed by atoms with Gasteiger partial charge < -0.3 is 20.1 Å². The molecule has 0 atom stereocenters. The van der Waals surface area contributed by atoms with Gasteiger partial charge in [-0.15, -0.1) is 0 Å². The molecule has 148 valence electrons. The molecule has 6 nitrogen and oxygen atoms in total. The Morgan fingerprint density at radius 2 is 1.85 bits per heavy atom. The Hall–Kier alpha value is -2.50. The Bertz CT molecular complexity index is 702. The SMILES string of the molecule is CCC(CC)c1cc(CNC(=NC)NCCc2ccc(N(C)C)cc2)on1. The highest BCUT2D eigenvalue weighted by molar-refractivity contribution is 5.79. The van der Waals surface area contributed by atoms with Gasteiger partial charge in [-0.2, -0.15) is 0 Å². The summed E-state index contributed by atoms with van der Waals surface area (Å²) in [7, 11) is 5.87. The van der Waals surface area contributed by atoms with E-state index in [-0.39, 0.29) is 0 Å². The fourth-order valence-electron chi connectivity index (χ4n) is 2.99. The number of rotatable bonds is 9. The van der Waals surface area contributed by atoms with Gasteiger partial charge >= 0.3 is 0 Å². The van der Waals surface area contributed by atoms with Crippen molar-refractivity contribution in [1.29, 1.82) is 0 Å². The molecule has 0 saturated heterocycles. The van der Waals surface area contributed by atoms with E-state index in [0.29, 0.717) is 12.5 Å². The van der Waals surface area contributed by atoms with Crippen LogP contribution in [0.15, 0.2) is 39.8 Å². The summed E-state index contributed by atoms with van der Waals surface area (Å²) in [6.45, 7) is 5.75. The third kappa shape index (κ3) is 6.31. The number of nitrogens with one attached hydrogen (secondary N) is 2. The topological polar surface area (TPSA) is 65.7 Å². The lowest BCUT2D eigenvalue weighted by Gasteiger charge is -2.13. The molecule has 0 bridgehead atoms. The van der Waals surface area contributed by atoms with E-state index in [1.165, 1.54) is 11.3 Å². The van der Waals surface area contributed by atoms with Gasteiger partial charge in [0.05, 0.1) is 12.2 Å².